The van der Waals surface area contributed by atoms with Crippen molar-refractivity contribution in [2.75, 3.05) is 0 Å². The molecule has 2 rings (SSSR count). The summed E-state index contributed by atoms with van der Waals surface area (Å²) < 4.78 is 5.26. The third-order valence-electron chi connectivity index (χ3n) is 2.65. The number of carbonyl (C=O) groups is 1. The van der Waals surface area contributed by atoms with E-state index in [0.29, 0.717) is 6.42 Å². The number of cyclic esters (lactones) is 1. The highest BCUT2D eigenvalue weighted by Crippen LogP contribution is 2.26. The second-order valence-corrected chi connectivity index (χ2v) is 3.76. The number of rotatable bonds is 2. The molecule has 2 heteroatoms. The third kappa shape index (κ3) is 2.27. The van der Waals surface area contributed by atoms with E-state index in [2.05, 4.69) is 6.58 Å². The summed E-state index contributed by atoms with van der Waals surface area (Å²) in [5, 5.41) is 0. The Hall–Kier alpha value is -1.57. The molecule has 1 aromatic carbocycles. The lowest BCUT2D eigenvalue weighted by atomic mass is 9.96. The van der Waals surface area contributed by atoms with Gasteiger partial charge in [0.05, 0.1) is 0 Å². The van der Waals surface area contributed by atoms with Crippen LogP contribution in [0.15, 0.2) is 36.9 Å². The van der Waals surface area contributed by atoms with Gasteiger partial charge in [0, 0.05) is 6.42 Å². The molecule has 0 aromatic heterocycles. The van der Waals surface area contributed by atoms with Gasteiger partial charge in [-0.1, -0.05) is 36.9 Å². The van der Waals surface area contributed by atoms with E-state index in [1.807, 2.05) is 30.3 Å². The first-order valence-corrected chi connectivity index (χ1v) is 5.21. The molecule has 1 saturated heterocycles. The molecule has 1 heterocycles. The first-order valence-electron chi connectivity index (χ1n) is 5.21. The molecule has 0 bridgehead atoms. The zero-order valence-electron chi connectivity index (χ0n) is 8.61. The van der Waals surface area contributed by atoms with Crippen LogP contribution in [-0.4, -0.2) is 12.1 Å². The minimum Gasteiger partial charge on any atom is -0.457 e. The lowest BCUT2D eigenvalue weighted by molar-refractivity contribution is -0.150. The van der Waals surface area contributed by atoms with E-state index < -0.39 is 0 Å². The minimum atomic E-state index is -0.131. The van der Waals surface area contributed by atoms with Crippen LogP contribution in [0, 0.1) is 0 Å². The molecule has 0 aliphatic carbocycles. The second kappa shape index (κ2) is 4.30. The number of benzene rings is 1. The molecule has 1 aliphatic rings. The summed E-state index contributed by atoms with van der Waals surface area (Å²) in [4.78, 5) is 11.1. The highest BCUT2D eigenvalue weighted by Gasteiger charge is 2.23. The Bertz CT molecular complexity index is 367. The molecule has 1 atom stereocenters. The number of esters is 1. The Balaban J connectivity index is 2.11. The van der Waals surface area contributed by atoms with Gasteiger partial charge in [0.2, 0.25) is 0 Å². The van der Waals surface area contributed by atoms with Gasteiger partial charge in [0.1, 0.15) is 6.10 Å². The van der Waals surface area contributed by atoms with Gasteiger partial charge in [-0.05, 0) is 24.0 Å². The Kier molecular flexibility index (Phi) is 2.86. The van der Waals surface area contributed by atoms with Crippen molar-refractivity contribution in [2.45, 2.75) is 25.4 Å². The highest BCUT2D eigenvalue weighted by atomic mass is 16.5. The van der Waals surface area contributed by atoms with E-state index in [1.54, 1.807) is 0 Å². The number of hydrogen-bond acceptors (Lipinski definition) is 2. The molecule has 0 radical (unpaired) electrons. The molecule has 1 aromatic rings. The summed E-state index contributed by atoms with van der Waals surface area (Å²) in [5.74, 6) is -0.108. The predicted molar refractivity (Wildman–Crippen MR) is 59.2 cm³/mol. The van der Waals surface area contributed by atoms with Crippen molar-refractivity contribution in [3.63, 3.8) is 0 Å². The van der Waals surface area contributed by atoms with Crippen LogP contribution in [0.1, 0.15) is 24.8 Å². The molecule has 0 spiro atoms. The lowest BCUT2D eigenvalue weighted by Gasteiger charge is -2.24. The SMILES string of the molecule is C=C(c1ccccc1)C1CCCC(=O)O1. The first kappa shape index (κ1) is 9.97. The molecular formula is C13H14O2. The summed E-state index contributed by atoms with van der Waals surface area (Å²) in [5.41, 5.74) is 1.96. The Morgan fingerprint density at radius 3 is 2.73 bits per heavy atom. The fourth-order valence-electron chi connectivity index (χ4n) is 1.79. The van der Waals surface area contributed by atoms with Crippen LogP contribution >= 0.6 is 0 Å². The van der Waals surface area contributed by atoms with E-state index in [1.165, 1.54) is 0 Å². The normalized spacial score (nSPS) is 20.8. The van der Waals surface area contributed by atoms with Gasteiger partial charge in [-0.25, -0.2) is 0 Å². The van der Waals surface area contributed by atoms with Crippen molar-refractivity contribution in [1.82, 2.24) is 0 Å². The van der Waals surface area contributed by atoms with Crippen LogP contribution in [0.2, 0.25) is 0 Å². The van der Waals surface area contributed by atoms with Gasteiger partial charge in [-0.15, -0.1) is 0 Å². The molecular weight excluding hydrogens is 188 g/mol. The van der Waals surface area contributed by atoms with Gasteiger partial charge in [-0.2, -0.15) is 0 Å². The van der Waals surface area contributed by atoms with E-state index in [0.717, 1.165) is 24.0 Å². The number of hydrogen-bond donors (Lipinski definition) is 0. The van der Waals surface area contributed by atoms with E-state index >= 15 is 0 Å². The molecule has 1 fully saturated rings. The van der Waals surface area contributed by atoms with Crippen molar-refractivity contribution in [1.29, 1.82) is 0 Å². The van der Waals surface area contributed by atoms with Gasteiger partial charge in [-0.3, -0.25) is 4.79 Å². The highest BCUT2D eigenvalue weighted by molar-refractivity contribution is 5.75. The summed E-state index contributed by atoms with van der Waals surface area (Å²) in [6, 6.07) is 9.87. The summed E-state index contributed by atoms with van der Waals surface area (Å²) in [6.07, 6.45) is 2.20. The lowest BCUT2D eigenvalue weighted by Crippen LogP contribution is -2.24. The zero-order chi connectivity index (χ0) is 10.7. The monoisotopic (exact) mass is 202 g/mol. The average molecular weight is 202 g/mol. The average Bonchev–Trinajstić information content (AvgIpc) is 2.29. The predicted octanol–water partition coefficient (Wildman–Crippen LogP) is 2.80. The molecule has 2 nitrogen and oxygen atoms in total. The Labute approximate surface area is 89.6 Å². The smallest absolute Gasteiger partial charge is 0.306 e. The van der Waals surface area contributed by atoms with Crippen LogP contribution in [0.5, 0.6) is 0 Å². The summed E-state index contributed by atoms with van der Waals surface area (Å²) in [7, 11) is 0. The minimum absolute atomic E-state index is 0.108. The number of ether oxygens (including phenoxy) is 1. The van der Waals surface area contributed by atoms with E-state index in [9.17, 15) is 4.79 Å². The fourth-order valence-corrected chi connectivity index (χ4v) is 1.79. The second-order valence-electron chi connectivity index (χ2n) is 3.76. The maximum absolute atomic E-state index is 11.1. The molecule has 0 saturated carbocycles. The quantitative estimate of drug-likeness (QED) is 0.689. The van der Waals surface area contributed by atoms with Crippen molar-refractivity contribution in [2.24, 2.45) is 0 Å². The third-order valence-corrected chi connectivity index (χ3v) is 2.65. The van der Waals surface area contributed by atoms with Crippen LogP contribution < -0.4 is 0 Å². The molecule has 0 amide bonds. The largest absolute Gasteiger partial charge is 0.457 e. The standard InChI is InChI=1S/C13H14O2/c1-10(11-6-3-2-4-7-11)12-8-5-9-13(14)15-12/h2-4,6-7,12H,1,5,8-9H2. The van der Waals surface area contributed by atoms with Crippen molar-refractivity contribution < 1.29 is 9.53 Å². The Morgan fingerprint density at radius 1 is 1.33 bits per heavy atom. The van der Waals surface area contributed by atoms with Crippen molar-refractivity contribution in [3.05, 3.63) is 42.5 Å². The van der Waals surface area contributed by atoms with Crippen molar-refractivity contribution in [3.8, 4) is 0 Å². The van der Waals surface area contributed by atoms with Crippen LogP contribution in [0.25, 0.3) is 5.57 Å². The molecule has 1 unspecified atom stereocenters. The maximum Gasteiger partial charge on any atom is 0.306 e. The van der Waals surface area contributed by atoms with Crippen LogP contribution in [-0.2, 0) is 9.53 Å². The van der Waals surface area contributed by atoms with Gasteiger partial charge < -0.3 is 4.74 Å². The van der Waals surface area contributed by atoms with Crippen LogP contribution in [0.3, 0.4) is 0 Å². The molecule has 15 heavy (non-hydrogen) atoms. The van der Waals surface area contributed by atoms with Gasteiger partial charge in [0.15, 0.2) is 0 Å². The van der Waals surface area contributed by atoms with E-state index in [4.69, 9.17) is 4.74 Å². The maximum atomic E-state index is 11.1. The van der Waals surface area contributed by atoms with Crippen LogP contribution in [0.4, 0.5) is 0 Å². The number of carbonyl (C=O) groups excluding carboxylic acids is 1. The Morgan fingerprint density at radius 2 is 2.07 bits per heavy atom. The molecule has 1 aliphatic heterocycles. The van der Waals surface area contributed by atoms with Gasteiger partial charge >= 0.3 is 5.97 Å². The molecule has 0 N–H and O–H groups in total. The summed E-state index contributed by atoms with van der Waals surface area (Å²) >= 11 is 0. The fraction of sp³-hybridized carbons (Fsp3) is 0.308. The van der Waals surface area contributed by atoms with E-state index in [-0.39, 0.29) is 12.1 Å². The van der Waals surface area contributed by atoms with Crippen molar-refractivity contribution >= 4 is 11.5 Å². The molecule has 78 valence electrons. The van der Waals surface area contributed by atoms with Gasteiger partial charge in [0.25, 0.3) is 0 Å². The zero-order valence-corrected chi connectivity index (χ0v) is 8.61. The topological polar surface area (TPSA) is 26.3 Å². The first-order chi connectivity index (χ1) is 7.27. The summed E-state index contributed by atoms with van der Waals surface area (Å²) in [6.45, 7) is 4.01.